The monoisotopic (exact) mass is 428 g/mol. The first-order valence-corrected chi connectivity index (χ1v) is 12.2. The summed E-state index contributed by atoms with van der Waals surface area (Å²) in [7, 11) is -2.93. The summed E-state index contributed by atoms with van der Waals surface area (Å²) in [6.07, 6.45) is 3.12. The molecule has 9 heteroatoms. The number of hydrogen-bond acceptors (Lipinski definition) is 5. The van der Waals surface area contributed by atoms with Gasteiger partial charge in [-0.3, -0.25) is 0 Å². The fraction of sp³-hybridized carbons (Fsp3) is 0.650. The van der Waals surface area contributed by atoms with Crippen LogP contribution in [0.15, 0.2) is 23.2 Å². The second kappa shape index (κ2) is 11.3. The standard InChI is InChI=1S/C20H33FN4O3S/c1-4-22-20(23-15-16-6-7-19(28-5-2)18(21)14-16)24-17-8-10-25(11-9-17)12-13-29(3,26)27/h6-7,14,17H,4-5,8-13,15H2,1-3H3,(H2,22,23,24). The Morgan fingerprint density at radius 2 is 2.03 bits per heavy atom. The van der Waals surface area contributed by atoms with E-state index in [1.165, 1.54) is 12.3 Å². The predicted molar refractivity (Wildman–Crippen MR) is 115 cm³/mol. The van der Waals surface area contributed by atoms with Crippen LogP contribution in [0, 0.1) is 5.82 Å². The third kappa shape index (κ3) is 8.57. The van der Waals surface area contributed by atoms with Crippen LogP contribution in [0.25, 0.3) is 0 Å². The Kier molecular flexibility index (Phi) is 9.16. The van der Waals surface area contributed by atoms with Crippen LogP contribution < -0.4 is 15.4 Å². The van der Waals surface area contributed by atoms with Crippen molar-refractivity contribution in [3.05, 3.63) is 29.6 Å². The lowest BCUT2D eigenvalue weighted by Crippen LogP contribution is -2.49. The smallest absolute Gasteiger partial charge is 0.191 e. The summed E-state index contributed by atoms with van der Waals surface area (Å²) in [4.78, 5) is 6.76. The van der Waals surface area contributed by atoms with Gasteiger partial charge in [-0.25, -0.2) is 17.8 Å². The van der Waals surface area contributed by atoms with Crippen LogP contribution in [0.1, 0.15) is 32.3 Å². The van der Waals surface area contributed by atoms with Gasteiger partial charge in [-0.2, -0.15) is 0 Å². The number of piperidine rings is 1. The normalized spacial score (nSPS) is 16.6. The van der Waals surface area contributed by atoms with E-state index in [4.69, 9.17) is 4.74 Å². The number of guanidine groups is 1. The molecule has 0 bridgehead atoms. The first-order valence-electron chi connectivity index (χ1n) is 10.2. The topological polar surface area (TPSA) is 83.0 Å². The molecular formula is C20H33FN4O3S. The molecule has 7 nitrogen and oxygen atoms in total. The van der Waals surface area contributed by atoms with Crippen molar-refractivity contribution in [2.24, 2.45) is 4.99 Å². The van der Waals surface area contributed by atoms with Crippen molar-refractivity contribution >= 4 is 15.8 Å². The Morgan fingerprint density at radius 3 is 2.62 bits per heavy atom. The van der Waals surface area contributed by atoms with Gasteiger partial charge in [0.05, 0.1) is 18.9 Å². The van der Waals surface area contributed by atoms with Crippen molar-refractivity contribution in [1.82, 2.24) is 15.5 Å². The summed E-state index contributed by atoms with van der Waals surface area (Å²) in [5.41, 5.74) is 0.777. The molecule has 1 saturated heterocycles. The molecule has 164 valence electrons. The average molecular weight is 429 g/mol. The molecule has 0 amide bonds. The minimum atomic E-state index is -2.93. The van der Waals surface area contributed by atoms with E-state index in [-0.39, 0.29) is 23.4 Å². The average Bonchev–Trinajstić information content (AvgIpc) is 2.67. The fourth-order valence-corrected chi connectivity index (χ4v) is 3.78. The highest BCUT2D eigenvalue weighted by Gasteiger charge is 2.20. The Balaban J connectivity index is 1.87. The fourth-order valence-electron chi connectivity index (χ4n) is 3.19. The molecule has 0 unspecified atom stereocenters. The van der Waals surface area contributed by atoms with Crippen molar-refractivity contribution < 1.29 is 17.5 Å². The third-order valence-corrected chi connectivity index (χ3v) is 5.69. The molecular weight excluding hydrogens is 395 g/mol. The summed E-state index contributed by atoms with van der Waals surface area (Å²) in [5.74, 6) is 0.789. The van der Waals surface area contributed by atoms with Crippen molar-refractivity contribution in [3.8, 4) is 5.75 Å². The number of rotatable bonds is 9. The minimum Gasteiger partial charge on any atom is -0.491 e. The van der Waals surface area contributed by atoms with Crippen molar-refractivity contribution in [2.75, 3.05) is 44.8 Å². The maximum absolute atomic E-state index is 14.0. The first kappa shape index (κ1) is 23.4. The number of halogens is 1. The van der Waals surface area contributed by atoms with E-state index in [2.05, 4.69) is 20.5 Å². The highest BCUT2D eigenvalue weighted by Crippen LogP contribution is 2.18. The van der Waals surface area contributed by atoms with Crippen molar-refractivity contribution in [3.63, 3.8) is 0 Å². The van der Waals surface area contributed by atoms with E-state index in [0.717, 1.165) is 38.0 Å². The van der Waals surface area contributed by atoms with Crippen LogP contribution in [0.5, 0.6) is 5.75 Å². The number of benzene rings is 1. The SMILES string of the molecule is CCNC(=NCc1ccc(OCC)c(F)c1)NC1CCN(CCS(C)(=O)=O)CC1. The molecule has 0 aromatic heterocycles. The second-order valence-corrected chi connectivity index (χ2v) is 9.54. The summed E-state index contributed by atoms with van der Waals surface area (Å²) < 4.78 is 41.9. The van der Waals surface area contributed by atoms with Gasteiger partial charge in [-0.15, -0.1) is 0 Å². The van der Waals surface area contributed by atoms with Crippen LogP contribution in [0.3, 0.4) is 0 Å². The molecule has 2 rings (SSSR count). The molecule has 1 aliphatic heterocycles. The van der Waals surface area contributed by atoms with Crippen LogP contribution >= 0.6 is 0 Å². The van der Waals surface area contributed by atoms with Gasteiger partial charge >= 0.3 is 0 Å². The molecule has 0 radical (unpaired) electrons. The Bertz CT molecular complexity index is 778. The number of nitrogens with zero attached hydrogens (tertiary/aromatic N) is 2. The number of sulfone groups is 1. The number of likely N-dealkylation sites (tertiary alicyclic amines) is 1. The van der Waals surface area contributed by atoms with Crippen molar-refractivity contribution in [1.29, 1.82) is 0 Å². The maximum atomic E-state index is 14.0. The molecule has 0 aliphatic carbocycles. The van der Waals surface area contributed by atoms with E-state index >= 15 is 0 Å². The Morgan fingerprint density at radius 1 is 1.31 bits per heavy atom. The summed E-state index contributed by atoms with van der Waals surface area (Å²) in [5, 5.41) is 6.67. The highest BCUT2D eigenvalue weighted by molar-refractivity contribution is 7.90. The second-order valence-electron chi connectivity index (χ2n) is 7.28. The van der Waals surface area contributed by atoms with Crippen LogP contribution in [0.4, 0.5) is 4.39 Å². The van der Waals surface area contributed by atoms with Gasteiger partial charge < -0.3 is 20.3 Å². The molecule has 1 aliphatic rings. The number of hydrogen-bond donors (Lipinski definition) is 2. The van der Waals surface area contributed by atoms with Crippen LogP contribution in [-0.2, 0) is 16.4 Å². The third-order valence-electron chi connectivity index (χ3n) is 4.77. The summed E-state index contributed by atoms with van der Waals surface area (Å²) >= 11 is 0. The Hall–Kier alpha value is -1.87. The number of nitrogens with one attached hydrogen (secondary N) is 2. The molecule has 1 aromatic carbocycles. The van der Waals surface area contributed by atoms with Crippen molar-refractivity contribution in [2.45, 2.75) is 39.3 Å². The van der Waals surface area contributed by atoms with E-state index in [9.17, 15) is 12.8 Å². The minimum absolute atomic E-state index is 0.202. The molecule has 0 saturated carbocycles. The van der Waals surface area contributed by atoms with E-state index < -0.39 is 9.84 Å². The zero-order valence-electron chi connectivity index (χ0n) is 17.6. The zero-order valence-corrected chi connectivity index (χ0v) is 18.4. The van der Waals surface area contributed by atoms with E-state index in [1.54, 1.807) is 6.07 Å². The van der Waals surface area contributed by atoms with E-state index in [1.807, 2.05) is 19.9 Å². The summed E-state index contributed by atoms with van der Waals surface area (Å²) in [6.45, 7) is 7.65. The van der Waals surface area contributed by atoms with Gasteiger partial charge in [-0.05, 0) is 44.4 Å². The quantitative estimate of drug-likeness (QED) is 0.461. The molecule has 1 aromatic rings. The predicted octanol–water partition coefficient (Wildman–Crippen LogP) is 1.79. The first-order chi connectivity index (χ1) is 13.8. The van der Waals surface area contributed by atoms with Crippen LogP contribution in [0.2, 0.25) is 0 Å². The largest absolute Gasteiger partial charge is 0.491 e. The van der Waals surface area contributed by atoms with Gasteiger partial charge in [0.15, 0.2) is 17.5 Å². The summed E-state index contributed by atoms with van der Waals surface area (Å²) in [6, 6.07) is 5.19. The van der Waals surface area contributed by atoms with Gasteiger partial charge in [-0.1, -0.05) is 6.07 Å². The molecule has 1 heterocycles. The van der Waals surface area contributed by atoms with Gasteiger partial charge in [0.2, 0.25) is 0 Å². The lowest BCUT2D eigenvalue weighted by Gasteiger charge is -2.32. The maximum Gasteiger partial charge on any atom is 0.191 e. The zero-order chi connectivity index (χ0) is 21.3. The highest BCUT2D eigenvalue weighted by atomic mass is 32.2. The molecule has 1 fully saturated rings. The Labute approximate surface area is 173 Å². The lowest BCUT2D eigenvalue weighted by molar-refractivity contribution is 0.216. The van der Waals surface area contributed by atoms with Gasteiger partial charge in [0.25, 0.3) is 0 Å². The number of aliphatic imine (C=N–C) groups is 1. The lowest BCUT2D eigenvalue weighted by atomic mass is 10.1. The van der Waals surface area contributed by atoms with E-state index in [0.29, 0.717) is 25.7 Å². The molecule has 2 N–H and O–H groups in total. The molecule has 29 heavy (non-hydrogen) atoms. The molecule has 0 spiro atoms. The number of ether oxygens (including phenoxy) is 1. The molecule has 0 atom stereocenters. The van der Waals surface area contributed by atoms with Gasteiger partial charge in [0.1, 0.15) is 9.84 Å². The van der Waals surface area contributed by atoms with Gasteiger partial charge in [0, 0.05) is 38.5 Å². The van der Waals surface area contributed by atoms with Crippen LogP contribution in [-0.4, -0.2) is 70.1 Å².